The lowest BCUT2D eigenvalue weighted by atomic mass is 9.85. The Morgan fingerprint density at radius 2 is 1.74 bits per heavy atom. The number of rotatable bonds is 1. The van der Waals surface area contributed by atoms with Crippen molar-refractivity contribution in [3.8, 4) is 12.3 Å². The summed E-state index contributed by atoms with van der Waals surface area (Å²) < 4.78 is 0. The van der Waals surface area contributed by atoms with Crippen molar-refractivity contribution in [3.63, 3.8) is 0 Å². The van der Waals surface area contributed by atoms with Crippen molar-refractivity contribution in [1.29, 1.82) is 0 Å². The maximum atomic E-state index is 12.4. The van der Waals surface area contributed by atoms with Gasteiger partial charge in [0.25, 0.3) is 0 Å². The van der Waals surface area contributed by atoms with Crippen LogP contribution in [0.5, 0.6) is 0 Å². The highest BCUT2D eigenvalue weighted by Crippen LogP contribution is 2.37. The molecule has 94 valence electrons. The number of nitrogens with zero attached hydrogens (tertiary/aromatic N) is 1. The van der Waals surface area contributed by atoms with E-state index in [0.717, 1.165) is 0 Å². The van der Waals surface area contributed by atoms with Gasteiger partial charge in [-0.1, -0.05) is 24.1 Å². The second-order valence-electron chi connectivity index (χ2n) is 4.86. The van der Waals surface area contributed by atoms with Gasteiger partial charge in [0.05, 0.1) is 17.5 Å². The van der Waals surface area contributed by atoms with Crippen LogP contribution in [0.4, 0.5) is 5.69 Å². The lowest BCUT2D eigenvalue weighted by Crippen LogP contribution is -2.30. The van der Waals surface area contributed by atoms with Crippen molar-refractivity contribution in [3.05, 3.63) is 42.0 Å². The van der Waals surface area contributed by atoms with Crippen molar-refractivity contribution in [2.24, 2.45) is 11.8 Å². The van der Waals surface area contributed by atoms with E-state index in [1.54, 1.807) is 24.3 Å². The quantitative estimate of drug-likeness (QED) is 0.435. The Bertz CT molecular complexity index is 598. The van der Waals surface area contributed by atoms with E-state index in [1.807, 2.05) is 12.2 Å². The molecular formula is C16H13NO2. The zero-order valence-electron chi connectivity index (χ0n) is 10.4. The van der Waals surface area contributed by atoms with E-state index in [0.29, 0.717) is 24.1 Å². The average molecular weight is 251 g/mol. The number of benzene rings is 1. The molecule has 2 atom stereocenters. The van der Waals surface area contributed by atoms with Crippen LogP contribution in [-0.2, 0) is 9.59 Å². The third kappa shape index (κ3) is 1.77. The van der Waals surface area contributed by atoms with Gasteiger partial charge in [-0.3, -0.25) is 9.59 Å². The summed E-state index contributed by atoms with van der Waals surface area (Å²) in [6.07, 6.45) is 10.6. The Balaban J connectivity index is 2.00. The molecule has 0 bridgehead atoms. The molecule has 1 aromatic carbocycles. The van der Waals surface area contributed by atoms with E-state index in [4.69, 9.17) is 6.42 Å². The maximum Gasteiger partial charge on any atom is 0.238 e. The Morgan fingerprint density at radius 3 is 2.32 bits per heavy atom. The molecule has 1 saturated heterocycles. The summed E-state index contributed by atoms with van der Waals surface area (Å²) in [6, 6.07) is 7.01. The van der Waals surface area contributed by atoms with Crippen LogP contribution in [0.25, 0.3) is 0 Å². The Labute approximate surface area is 111 Å². The number of imide groups is 1. The van der Waals surface area contributed by atoms with Crippen molar-refractivity contribution in [2.75, 3.05) is 4.90 Å². The van der Waals surface area contributed by atoms with E-state index in [1.165, 1.54) is 4.90 Å². The minimum Gasteiger partial charge on any atom is -0.274 e. The monoisotopic (exact) mass is 251 g/mol. The summed E-state index contributed by atoms with van der Waals surface area (Å²) in [5, 5.41) is 0. The molecule has 1 fully saturated rings. The van der Waals surface area contributed by atoms with Crippen LogP contribution in [0, 0.1) is 24.2 Å². The average Bonchev–Trinajstić information content (AvgIpc) is 2.72. The summed E-state index contributed by atoms with van der Waals surface area (Å²) in [5.74, 6) is 1.91. The number of hydrogen-bond donors (Lipinski definition) is 0. The summed E-state index contributed by atoms with van der Waals surface area (Å²) in [4.78, 5) is 26.0. The van der Waals surface area contributed by atoms with Crippen molar-refractivity contribution < 1.29 is 9.59 Å². The van der Waals surface area contributed by atoms with Crippen LogP contribution in [0.3, 0.4) is 0 Å². The fraction of sp³-hybridized carbons (Fsp3) is 0.250. The highest BCUT2D eigenvalue weighted by molar-refractivity contribution is 6.22. The van der Waals surface area contributed by atoms with Gasteiger partial charge in [0, 0.05) is 5.56 Å². The molecular weight excluding hydrogens is 238 g/mol. The molecule has 3 nitrogen and oxygen atoms in total. The smallest absolute Gasteiger partial charge is 0.238 e. The molecule has 0 radical (unpaired) electrons. The first-order valence-electron chi connectivity index (χ1n) is 6.32. The van der Waals surface area contributed by atoms with E-state index in [9.17, 15) is 9.59 Å². The van der Waals surface area contributed by atoms with E-state index >= 15 is 0 Å². The first-order valence-corrected chi connectivity index (χ1v) is 6.32. The van der Waals surface area contributed by atoms with Gasteiger partial charge in [0.1, 0.15) is 0 Å². The predicted octanol–water partition coefficient (Wildman–Crippen LogP) is 2.12. The highest BCUT2D eigenvalue weighted by atomic mass is 16.2. The number of anilines is 1. The minimum atomic E-state index is -0.202. The number of carbonyl (C=O) groups excluding carboxylic acids is 2. The summed E-state index contributed by atoms with van der Waals surface area (Å²) in [6.45, 7) is 0. The SMILES string of the molecule is C#Cc1cccc(N2C(=O)[C@H]3CC=CC[C@H]3C2=O)c1. The van der Waals surface area contributed by atoms with Gasteiger partial charge in [-0.25, -0.2) is 4.90 Å². The molecule has 0 spiro atoms. The molecule has 1 aromatic rings. The van der Waals surface area contributed by atoms with Crippen LogP contribution in [-0.4, -0.2) is 11.8 Å². The van der Waals surface area contributed by atoms with Crippen molar-refractivity contribution in [1.82, 2.24) is 0 Å². The predicted molar refractivity (Wildman–Crippen MR) is 72.2 cm³/mol. The largest absolute Gasteiger partial charge is 0.274 e. The van der Waals surface area contributed by atoms with Gasteiger partial charge in [-0.05, 0) is 31.0 Å². The Morgan fingerprint density at radius 1 is 1.11 bits per heavy atom. The van der Waals surface area contributed by atoms with Crippen LogP contribution in [0.2, 0.25) is 0 Å². The Hall–Kier alpha value is -2.34. The molecule has 1 aliphatic heterocycles. The zero-order chi connectivity index (χ0) is 13.4. The van der Waals surface area contributed by atoms with E-state index in [-0.39, 0.29) is 23.7 Å². The molecule has 0 N–H and O–H groups in total. The molecule has 0 aromatic heterocycles. The third-order valence-electron chi connectivity index (χ3n) is 3.78. The lowest BCUT2D eigenvalue weighted by molar-refractivity contribution is -0.122. The van der Waals surface area contributed by atoms with Crippen molar-refractivity contribution in [2.45, 2.75) is 12.8 Å². The number of amides is 2. The van der Waals surface area contributed by atoms with Crippen LogP contribution in [0.1, 0.15) is 18.4 Å². The summed E-state index contributed by atoms with van der Waals surface area (Å²) >= 11 is 0. The standard InChI is InChI=1S/C16H13NO2/c1-2-11-6-5-7-12(10-11)17-15(18)13-8-3-4-9-14(13)16(17)19/h1,3-7,10,13-14H,8-9H2/t13-,14+. The fourth-order valence-electron chi connectivity index (χ4n) is 2.79. The van der Waals surface area contributed by atoms with Gasteiger partial charge >= 0.3 is 0 Å². The lowest BCUT2D eigenvalue weighted by Gasteiger charge is -2.14. The maximum absolute atomic E-state index is 12.4. The van der Waals surface area contributed by atoms with Crippen LogP contribution >= 0.6 is 0 Å². The number of hydrogen-bond acceptors (Lipinski definition) is 2. The highest BCUT2D eigenvalue weighted by Gasteiger charge is 2.47. The number of fused-ring (bicyclic) bond motifs is 1. The molecule has 3 heteroatoms. The normalized spacial score (nSPS) is 25.3. The van der Waals surface area contributed by atoms with E-state index in [2.05, 4.69) is 5.92 Å². The zero-order valence-corrected chi connectivity index (χ0v) is 10.4. The molecule has 1 heterocycles. The van der Waals surface area contributed by atoms with E-state index < -0.39 is 0 Å². The van der Waals surface area contributed by atoms with Gasteiger partial charge in [-0.2, -0.15) is 0 Å². The molecule has 19 heavy (non-hydrogen) atoms. The third-order valence-corrected chi connectivity index (χ3v) is 3.78. The minimum absolute atomic E-state index is 0.103. The second kappa shape index (κ2) is 4.40. The van der Waals surface area contributed by atoms with Gasteiger partial charge in [0.15, 0.2) is 0 Å². The molecule has 3 rings (SSSR count). The molecule has 2 aliphatic rings. The molecule has 1 aliphatic carbocycles. The fourth-order valence-corrected chi connectivity index (χ4v) is 2.79. The number of terminal acetylenes is 1. The molecule has 0 saturated carbocycles. The van der Waals surface area contributed by atoms with Gasteiger partial charge in [0.2, 0.25) is 11.8 Å². The Kier molecular flexibility index (Phi) is 2.72. The molecule has 2 amide bonds. The topological polar surface area (TPSA) is 37.4 Å². The molecule has 0 unspecified atom stereocenters. The van der Waals surface area contributed by atoms with Gasteiger partial charge < -0.3 is 0 Å². The van der Waals surface area contributed by atoms with Crippen LogP contribution < -0.4 is 4.90 Å². The summed E-state index contributed by atoms with van der Waals surface area (Å²) in [5.41, 5.74) is 1.26. The number of carbonyl (C=O) groups is 2. The second-order valence-corrected chi connectivity index (χ2v) is 4.86. The van der Waals surface area contributed by atoms with Crippen LogP contribution in [0.15, 0.2) is 36.4 Å². The number of allylic oxidation sites excluding steroid dienone is 2. The first-order chi connectivity index (χ1) is 9.22. The first kappa shape index (κ1) is 11.7. The summed E-state index contributed by atoms with van der Waals surface area (Å²) in [7, 11) is 0. The van der Waals surface area contributed by atoms with Gasteiger partial charge in [-0.15, -0.1) is 6.42 Å². The van der Waals surface area contributed by atoms with Crippen molar-refractivity contribution >= 4 is 17.5 Å².